The molecule has 2 saturated heterocycles. The van der Waals surface area contributed by atoms with Crippen molar-refractivity contribution in [3.63, 3.8) is 0 Å². The monoisotopic (exact) mass is 248 g/mol. The van der Waals surface area contributed by atoms with Gasteiger partial charge in [0.05, 0.1) is 5.92 Å². The molecule has 4 nitrogen and oxygen atoms in total. The minimum atomic E-state index is -0.567. The van der Waals surface area contributed by atoms with Crippen LogP contribution in [0.5, 0.6) is 0 Å². The fraction of sp³-hybridized carbons (Fsp3) is 0.714. The van der Waals surface area contributed by atoms with E-state index in [2.05, 4.69) is 6.92 Å². The Bertz CT molecular complexity index is 496. The van der Waals surface area contributed by atoms with E-state index in [1.165, 1.54) is 0 Å². The number of ketones is 1. The van der Waals surface area contributed by atoms with Crippen LogP contribution in [0.3, 0.4) is 0 Å². The summed E-state index contributed by atoms with van der Waals surface area (Å²) in [5, 5.41) is 0. The Morgan fingerprint density at radius 2 is 2.17 bits per heavy atom. The summed E-state index contributed by atoms with van der Waals surface area (Å²) < 4.78 is 11.4. The van der Waals surface area contributed by atoms with Gasteiger partial charge >= 0.3 is 5.97 Å². The molecule has 4 rings (SSSR count). The van der Waals surface area contributed by atoms with Gasteiger partial charge in [0.1, 0.15) is 11.7 Å². The van der Waals surface area contributed by atoms with Crippen LogP contribution in [0.1, 0.15) is 26.7 Å². The molecular formula is C14H16O4. The summed E-state index contributed by atoms with van der Waals surface area (Å²) in [6, 6.07) is 0. The predicted molar refractivity (Wildman–Crippen MR) is 61.6 cm³/mol. The molecule has 3 fully saturated rings. The van der Waals surface area contributed by atoms with Crippen molar-refractivity contribution >= 4 is 11.8 Å². The molecule has 2 aliphatic heterocycles. The number of epoxide rings is 1. The van der Waals surface area contributed by atoms with Crippen molar-refractivity contribution < 1.29 is 19.1 Å². The molecule has 1 spiro atoms. The molecule has 0 aromatic carbocycles. The van der Waals surface area contributed by atoms with E-state index in [-0.39, 0.29) is 35.1 Å². The van der Waals surface area contributed by atoms with Crippen LogP contribution in [0.2, 0.25) is 0 Å². The molecule has 0 aromatic heterocycles. The lowest BCUT2D eigenvalue weighted by molar-refractivity contribution is -0.149. The number of hydrogen-bond acceptors (Lipinski definition) is 4. The molecule has 0 unspecified atom stereocenters. The van der Waals surface area contributed by atoms with Gasteiger partial charge < -0.3 is 9.47 Å². The van der Waals surface area contributed by atoms with Crippen molar-refractivity contribution in [3.05, 3.63) is 12.2 Å². The SMILES string of the molecule is C[C@H]1C(=O)O[C@@H]2[C@@H]1CC[C@@]1(C)C=CC(=O)[C@H]3O[C@@]321. The van der Waals surface area contributed by atoms with E-state index in [9.17, 15) is 9.59 Å². The molecule has 4 aliphatic rings. The van der Waals surface area contributed by atoms with E-state index in [1.807, 2.05) is 13.0 Å². The van der Waals surface area contributed by atoms with Crippen LogP contribution in [-0.4, -0.2) is 29.6 Å². The second-order valence-corrected chi connectivity index (χ2v) is 6.29. The zero-order chi connectivity index (χ0) is 12.7. The third kappa shape index (κ3) is 0.945. The van der Waals surface area contributed by atoms with E-state index in [0.717, 1.165) is 12.8 Å². The molecular weight excluding hydrogens is 232 g/mol. The zero-order valence-electron chi connectivity index (χ0n) is 10.5. The molecule has 4 heteroatoms. The molecule has 0 bridgehead atoms. The van der Waals surface area contributed by atoms with Crippen molar-refractivity contribution in [2.45, 2.75) is 44.5 Å². The maximum atomic E-state index is 11.8. The summed E-state index contributed by atoms with van der Waals surface area (Å²) in [6.45, 7) is 4.03. The second-order valence-electron chi connectivity index (χ2n) is 6.29. The highest BCUT2D eigenvalue weighted by Gasteiger charge is 2.79. The van der Waals surface area contributed by atoms with Crippen molar-refractivity contribution in [1.82, 2.24) is 0 Å². The van der Waals surface area contributed by atoms with Crippen LogP contribution in [0.25, 0.3) is 0 Å². The van der Waals surface area contributed by atoms with Crippen LogP contribution in [0.15, 0.2) is 12.2 Å². The Balaban J connectivity index is 1.82. The summed E-state index contributed by atoms with van der Waals surface area (Å²) in [6.07, 6.45) is 4.89. The van der Waals surface area contributed by atoms with Gasteiger partial charge in [0.25, 0.3) is 0 Å². The summed E-state index contributed by atoms with van der Waals surface area (Å²) >= 11 is 0. The first-order chi connectivity index (χ1) is 8.49. The lowest BCUT2D eigenvalue weighted by Gasteiger charge is -2.44. The highest BCUT2D eigenvalue weighted by Crippen LogP contribution is 2.65. The van der Waals surface area contributed by atoms with Crippen molar-refractivity contribution in [2.75, 3.05) is 0 Å². The maximum Gasteiger partial charge on any atom is 0.309 e. The van der Waals surface area contributed by atoms with Gasteiger partial charge in [0, 0.05) is 11.3 Å². The molecule has 2 aliphatic carbocycles. The third-order valence-corrected chi connectivity index (χ3v) is 5.48. The Hall–Kier alpha value is -1.16. The van der Waals surface area contributed by atoms with Crippen LogP contribution in [0, 0.1) is 17.3 Å². The van der Waals surface area contributed by atoms with Gasteiger partial charge in [-0.2, -0.15) is 0 Å². The largest absolute Gasteiger partial charge is 0.459 e. The lowest BCUT2D eigenvalue weighted by Crippen LogP contribution is -2.55. The van der Waals surface area contributed by atoms with E-state index in [4.69, 9.17) is 9.47 Å². The van der Waals surface area contributed by atoms with Crippen LogP contribution >= 0.6 is 0 Å². The van der Waals surface area contributed by atoms with Crippen molar-refractivity contribution in [1.29, 1.82) is 0 Å². The van der Waals surface area contributed by atoms with Gasteiger partial charge in [0.15, 0.2) is 11.9 Å². The number of carbonyl (C=O) groups is 2. The number of esters is 1. The van der Waals surface area contributed by atoms with E-state index < -0.39 is 11.7 Å². The topological polar surface area (TPSA) is 55.9 Å². The van der Waals surface area contributed by atoms with E-state index in [1.54, 1.807) is 6.08 Å². The molecule has 0 aromatic rings. The zero-order valence-corrected chi connectivity index (χ0v) is 10.5. The minimum absolute atomic E-state index is 0.0173. The Kier molecular flexibility index (Phi) is 1.71. The smallest absolute Gasteiger partial charge is 0.309 e. The number of carbonyl (C=O) groups excluding carboxylic acids is 2. The van der Waals surface area contributed by atoms with Crippen LogP contribution in [-0.2, 0) is 19.1 Å². The highest BCUT2D eigenvalue weighted by atomic mass is 16.7. The van der Waals surface area contributed by atoms with E-state index >= 15 is 0 Å². The minimum Gasteiger partial charge on any atom is -0.459 e. The summed E-state index contributed by atoms with van der Waals surface area (Å²) in [4.78, 5) is 23.6. The Morgan fingerprint density at radius 3 is 2.94 bits per heavy atom. The summed E-state index contributed by atoms with van der Waals surface area (Å²) in [5.74, 6) is 0.0123. The lowest BCUT2D eigenvalue weighted by atomic mass is 9.58. The first-order valence-corrected chi connectivity index (χ1v) is 6.61. The molecule has 96 valence electrons. The normalized spacial score (nSPS) is 56.6. The fourth-order valence-electron chi connectivity index (χ4n) is 4.20. The first-order valence-electron chi connectivity index (χ1n) is 6.61. The molecule has 0 amide bonds. The maximum absolute atomic E-state index is 11.8. The van der Waals surface area contributed by atoms with Crippen molar-refractivity contribution in [2.24, 2.45) is 17.3 Å². The van der Waals surface area contributed by atoms with Gasteiger partial charge in [-0.1, -0.05) is 19.9 Å². The average molecular weight is 248 g/mol. The molecule has 18 heavy (non-hydrogen) atoms. The number of fused-ring (bicyclic) bond motifs is 1. The third-order valence-electron chi connectivity index (χ3n) is 5.48. The molecule has 0 radical (unpaired) electrons. The first kappa shape index (κ1) is 10.7. The van der Waals surface area contributed by atoms with E-state index in [0.29, 0.717) is 0 Å². The molecule has 2 heterocycles. The predicted octanol–water partition coefficient (Wildman–Crippen LogP) is 1.24. The van der Waals surface area contributed by atoms with Gasteiger partial charge in [0.2, 0.25) is 0 Å². The number of hydrogen-bond donors (Lipinski definition) is 0. The summed E-state index contributed by atoms with van der Waals surface area (Å²) in [5.41, 5.74) is -0.737. The van der Waals surface area contributed by atoms with Gasteiger partial charge in [-0.15, -0.1) is 0 Å². The van der Waals surface area contributed by atoms with Gasteiger partial charge in [-0.05, 0) is 18.9 Å². The number of ether oxygens (including phenoxy) is 2. The van der Waals surface area contributed by atoms with Gasteiger partial charge in [-0.25, -0.2) is 0 Å². The van der Waals surface area contributed by atoms with Crippen LogP contribution < -0.4 is 0 Å². The average Bonchev–Trinajstić information content (AvgIpc) is 3.03. The second kappa shape index (κ2) is 2.87. The van der Waals surface area contributed by atoms with Crippen molar-refractivity contribution in [3.8, 4) is 0 Å². The number of rotatable bonds is 0. The quantitative estimate of drug-likeness (QED) is 0.478. The standard InChI is InChI=1S/C14H16O4/c1-7-8-3-5-13(2)6-4-9(15)11-14(13,18-11)10(8)17-12(7)16/h4,6-8,10-11H,3,5H2,1-2H3/t7-,8-,10-,11-,13+,14-/m1/s1. The summed E-state index contributed by atoms with van der Waals surface area (Å²) in [7, 11) is 0. The van der Waals surface area contributed by atoms with Crippen LogP contribution in [0.4, 0.5) is 0 Å². The molecule has 1 saturated carbocycles. The Labute approximate surface area is 105 Å². The van der Waals surface area contributed by atoms with Gasteiger partial charge in [-0.3, -0.25) is 9.59 Å². The molecule has 0 N–H and O–H groups in total. The highest BCUT2D eigenvalue weighted by molar-refractivity contribution is 5.99. The fourth-order valence-corrected chi connectivity index (χ4v) is 4.20. The Morgan fingerprint density at radius 1 is 1.39 bits per heavy atom. The molecule has 6 atom stereocenters.